The van der Waals surface area contributed by atoms with Crippen LogP contribution in [0.3, 0.4) is 0 Å². The monoisotopic (exact) mass is 338 g/mol. The van der Waals surface area contributed by atoms with Crippen molar-refractivity contribution in [2.24, 2.45) is 0 Å². The van der Waals surface area contributed by atoms with E-state index in [0.29, 0.717) is 6.54 Å². The van der Waals surface area contributed by atoms with Gasteiger partial charge < -0.3 is 10.5 Å². The second-order valence-corrected chi connectivity index (χ2v) is 5.70. The Morgan fingerprint density at radius 1 is 1.21 bits per heavy atom. The highest BCUT2D eigenvalue weighted by atomic mass is 19.4. The lowest BCUT2D eigenvalue weighted by atomic mass is 10.2. The number of aromatic nitrogens is 2. The van der Waals surface area contributed by atoms with Gasteiger partial charge in [-0.1, -0.05) is 30.3 Å². The first kappa shape index (κ1) is 16.5. The quantitative estimate of drug-likeness (QED) is 0.929. The van der Waals surface area contributed by atoms with Gasteiger partial charge in [-0.25, -0.2) is 4.98 Å². The molecule has 5 nitrogen and oxygen atoms in total. The second-order valence-electron chi connectivity index (χ2n) is 5.70. The number of halogens is 3. The molecule has 1 atom stereocenters. The predicted molar refractivity (Wildman–Crippen MR) is 82.2 cm³/mol. The molecule has 1 aliphatic heterocycles. The van der Waals surface area contributed by atoms with E-state index in [1.807, 2.05) is 30.3 Å². The summed E-state index contributed by atoms with van der Waals surface area (Å²) in [6.45, 7) is 2.22. The molecule has 24 heavy (non-hydrogen) atoms. The second kappa shape index (κ2) is 6.64. The number of anilines is 1. The number of benzene rings is 1. The average molecular weight is 338 g/mol. The summed E-state index contributed by atoms with van der Waals surface area (Å²) >= 11 is 0. The molecule has 0 bridgehead atoms. The van der Waals surface area contributed by atoms with E-state index in [0.717, 1.165) is 25.6 Å². The summed E-state index contributed by atoms with van der Waals surface area (Å²) in [5.41, 5.74) is 5.44. The van der Waals surface area contributed by atoms with Gasteiger partial charge in [0.05, 0.1) is 0 Å². The summed E-state index contributed by atoms with van der Waals surface area (Å²) in [4.78, 5) is 9.14. The number of nitrogens with two attached hydrogens (primary N) is 1. The minimum absolute atomic E-state index is 0.138. The Kier molecular flexibility index (Phi) is 4.57. The average Bonchev–Trinajstić information content (AvgIpc) is 2.94. The molecule has 0 radical (unpaired) electrons. The minimum Gasteiger partial charge on any atom is -0.473 e. The van der Waals surface area contributed by atoms with Crippen molar-refractivity contribution in [3.63, 3.8) is 0 Å². The van der Waals surface area contributed by atoms with Crippen LogP contribution in [0.25, 0.3) is 0 Å². The van der Waals surface area contributed by atoms with E-state index in [4.69, 9.17) is 10.5 Å². The van der Waals surface area contributed by atoms with Crippen LogP contribution in [0, 0.1) is 0 Å². The SMILES string of the molecule is Nc1nc(OC2CCN(Cc3ccccc3)C2)cc(C(F)(F)F)n1. The molecule has 3 rings (SSSR count). The van der Waals surface area contributed by atoms with Crippen LogP contribution in [0.5, 0.6) is 5.88 Å². The maximum atomic E-state index is 12.8. The van der Waals surface area contributed by atoms with Gasteiger partial charge in [-0.15, -0.1) is 0 Å². The standard InChI is InChI=1S/C16H17F3N4O/c17-16(18,19)13-8-14(22-15(20)21-13)24-12-6-7-23(10-12)9-11-4-2-1-3-5-11/h1-5,8,12H,6-7,9-10H2,(H2,20,21,22). The molecule has 8 heteroatoms. The Balaban J connectivity index is 1.62. The van der Waals surface area contributed by atoms with Crippen LogP contribution in [0.4, 0.5) is 19.1 Å². The zero-order valence-corrected chi connectivity index (χ0v) is 12.8. The molecule has 1 aliphatic rings. The van der Waals surface area contributed by atoms with Crippen molar-refractivity contribution in [3.05, 3.63) is 47.7 Å². The van der Waals surface area contributed by atoms with E-state index in [1.165, 1.54) is 5.56 Å². The summed E-state index contributed by atoms with van der Waals surface area (Å²) in [5.74, 6) is -0.583. The van der Waals surface area contributed by atoms with E-state index in [2.05, 4.69) is 14.9 Å². The van der Waals surface area contributed by atoms with Gasteiger partial charge in [-0.05, 0) is 12.0 Å². The molecular weight excluding hydrogens is 321 g/mol. The fraction of sp³-hybridized carbons (Fsp3) is 0.375. The molecule has 2 heterocycles. The van der Waals surface area contributed by atoms with Crippen molar-refractivity contribution >= 4 is 5.95 Å². The molecule has 1 fully saturated rings. The summed E-state index contributed by atoms with van der Waals surface area (Å²) in [6.07, 6.45) is -4.08. The van der Waals surface area contributed by atoms with E-state index < -0.39 is 17.8 Å². The van der Waals surface area contributed by atoms with Gasteiger partial charge >= 0.3 is 6.18 Å². The Bertz CT molecular complexity index is 693. The van der Waals surface area contributed by atoms with Gasteiger partial charge in [-0.2, -0.15) is 18.2 Å². The third-order valence-corrected chi connectivity index (χ3v) is 3.78. The van der Waals surface area contributed by atoms with Crippen LogP contribution in [0.15, 0.2) is 36.4 Å². The number of nitrogens with zero attached hydrogens (tertiary/aromatic N) is 3. The van der Waals surface area contributed by atoms with Crippen LogP contribution in [-0.4, -0.2) is 34.1 Å². The van der Waals surface area contributed by atoms with Crippen LogP contribution < -0.4 is 10.5 Å². The summed E-state index contributed by atoms with van der Waals surface area (Å²) in [5, 5.41) is 0. The maximum absolute atomic E-state index is 12.8. The van der Waals surface area contributed by atoms with Crippen molar-refractivity contribution in [2.75, 3.05) is 18.8 Å². The highest BCUT2D eigenvalue weighted by molar-refractivity contribution is 5.27. The number of ether oxygens (including phenoxy) is 1. The molecular formula is C16H17F3N4O. The zero-order chi connectivity index (χ0) is 17.2. The van der Waals surface area contributed by atoms with Gasteiger partial charge in [-0.3, -0.25) is 4.90 Å². The molecule has 1 aromatic carbocycles. The van der Waals surface area contributed by atoms with E-state index >= 15 is 0 Å². The van der Waals surface area contributed by atoms with Gasteiger partial charge in [0.1, 0.15) is 6.10 Å². The van der Waals surface area contributed by atoms with Crippen LogP contribution in [0.2, 0.25) is 0 Å². The first-order valence-electron chi connectivity index (χ1n) is 7.55. The summed E-state index contributed by atoms with van der Waals surface area (Å²) in [6, 6.07) is 10.8. The Morgan fingerprint density at radius 3 is 2.67 bits per heavy atom. The summed E-state index contributed by atoms with van der Waals surface area (Å²) < 4.78 is 43.9. The highest BCUT2D eigenvalue weighted by Gasteiger charge is 2.34. The highest BCUT2D eigenvalue weighted by Crippen LogP contribution is 2.30. The molecule has 0 saturated carbocycles. The molecule has 1 aromatic heterocycles. The molecule has 0 aliphatic carbocycles. The van der Waals surface area contributed by atoms with Crippen molar-refractivity contribution in [1.82, 2.24) is 14.9 Å². The summed E-state index contributed by atoms with van der Waals surface area (Å²) in [7, 11) is 0. The largest absolute Gasteiger partial charge is 0.473 e. The van der Waals surface area contributed by atoms with Crippen LogP contribution in [0.1, 0.15) is 17.7 Å². The number of likely N-dealkylation sites (tertiary alicyclic amines) is 1. The molecule has 1 unspecified atom stereocenters. The van der Waals surface area contributed by atoms with Gasteiger partial charge in [0.15, 0.2) is 5.69 Å². The Labute approximate surface area is 137 Å². The van der Waals surface area contributed by atoms with Crippen molar-refractivity contribution in [1.29, 1.82) is 0 Å². The number of alkyl halides is 3. The molecule has 128 valence electrons. The van der Waals surface area contributed by atoms with Crippen molar-refractivity contribution in [2.45, 2.75) is 25.2 Å². The predicted octanol–water partition coefficient (Wildman–Crippen LogP) is 2.73. The van der Waals surface area contributed by atoms with Crippen molar-refractivity contribution < 1.29 is 17.9 Å². The van der Waals surface area contributed by atoms with E-state index in [-0.39, 0.29) is 12.0 Å². The van der Waals surface area contributed by atoms with Gasteiger partial charge in [0.25, 0.3) is 0 Å². The molecule has 0 amide bonds. The van der Waals surface area contributed by atoms with Crippen LogP contribution in [-0.2, 0) is 12.7 Å². The normalized spacial score (nSPS) is 18.7. The van der Waals surface area contributed by atoms with Crippen LogP contribution >= 0.6 is 0 Å². The Morgan fingerprint density at radius 2 is 1.96 bits per heavy atom. The topological polar surface area (TPSA) is 64.3 Å². The number of nitrogen functional groups attached to an aromatic ring is 1. The number of hydrogen-bond acceptors (Lipinski definition) is 5. The van der Waals surface area contributed by atoms with Gasteiger partial charge in [0, 0.05) is 25.7 Å². The van der Waals surface area contributed by atoms with E-state index in [9.17, 15) is 13.2 Å². The number of hydrogen-bond donors (Lipinski definition) is 1. The molecule has 0 spiro atoms. The molecule has 1 saturated heterocycles. The molecule has 2 N–H and O–H groups in total. The van der Waals surface area contributed by atoms with Crippen molar-refractivity contribution in [3.8, 4) is 5.88 Å². The lowest BCUT2D eigenvalue weighted by Crippen LogP contribution is -2.25. The molecule has 2 aromatic rings. The first-order chi connectivity index (χ1) is 11.4. The first-order valence-corrected chi connectivity index (χ1v) is 7.55. The minimum atomic E-state index is -4.58. The number of rotatable bonds is 4. The Hall–Kier alpha value is -2.35. The zero-order valence-electron chi connectivity index (χ0n) is 12.8. The smallest absolute Gasteiger partial charge is 0.433 e. The maximum Gasteiger partial charge on any atom is 0.433 e. The van der Waals surface area contributed by atoms with E-state index in [1.54, 1.807) is 0 Å². The fourth-order valence-electron chi connectivity index (χ4n) is 2.70. The lowest BCUT2D eigenvalue weighted by molar-refractivity contribution is -0.141. The third-order valence-electron chi connectivity index (χ3n) is 3.78. The fourth-order valence-corrected chi connectivity index (χ4v) is 2.70. The lowest BCUT2D eigenvalue weighted by Gasteiger charge is -2.17. The third kappa shape index (κ3) is 4.14. The van der Waals surface area contributed by atoms with Gasteiger partial charge in [0.2, 0.25) is 11.8 Å².